The van der Waals surface area contributed by atoms with Crippen LogP contribution in [0.25, 0.3) is 22.2 Å². The summed E-state index contributed by atoms with van der Waals surface area (Å²) in [5.41, 5.74) is 2.00. The molecule has 0 spiro atoms. The minimum absolute atomic E-state index is 0.107. The van der Waals surface area contributed by atoms with Crippen LogP contribution in [-0.4, -0.2) is 31.2 Å². The number of imidazole rings is 1. The van der Waals surface area contributed by atoms with Crippen molar-refractivity contribution in [3.05, 3.63) is 65.8 Å². The van der Waals surface area contributed by atoms with E-state index in [1.54, 1.807) is 26.0 Å². The lowest BCUT2D eigenvalue weighted by molar-refractivity contribution is -0.0506. The third kappa shape index (κ3) is 3.12. The molecule has 2 N–H and O–H groups in total. The van der Waals surface area contributed by atoms with Crippen LogP contribution < -0.4 is 10.1 Å². The zero-order valence-electron chi connectivity index (χ0n) is 18.3. The van der Waals surface area contributed by atoms with Gasteiger partial charge in [0.05, 0.1) is 23.1 Å². The van der Waals surface area contributed by atoms with Gasteiger partial charge in [-0.1, -0.05) is 6.07 Å². The van der Waals surface area contributed by atoms with Crippen LogP contribution in [0.4, 0.5) is 18.9 Å². The minimum Gasteiger partial charge on any atom is -0.434 e. The van der Waals surface area contributed by atoms with Gasteiger partial charge in [-0.15, -0.1) is 0 Å². The fourth-order valence-electron chi connectivity index (χ4n) is 4.92. The monoisotopic (exact) mass is 467 g/mol. The van der Waals surface area contributed by atoms with Crippen molar-refractivity contribution in [1.29, 1.82) is 0 Å². The van der Waals surface area contributed by atoms with E-state index in [-0.39, 0.29) is 29.2 Å². The molecule has 0 radical (unpaired) electrons. The fourth-order valence-corrected chi connectivity index (χ4v) is 4.92. The van der Waals surface area contributed by atoms with E-state index in [9.17, 15) is 13.9 Å². The number of aromatic nitrogens is 4. The van der Waals surface area contributed by atoms with Gasteiger partial charge in [0.15, 0.2) is 5.82 Å². The molecular weight excluding hydrogens is 447 g/mol. The standard InChI is InChI=1S/C24H20F3N5O2/c1-24(2,33)22-28-9-11(10-29-22)12-6-17-15(7-13(12)25)31-21-16-8-18(32(17)21)20-14(30-16)4-3-5-19(20)34-23(26)27/h3-7,9-10,16,18,23,30,33H,8H2,1-2H3/t16-,18-/m1/s1. The third-order valence-electron chi connectivity index (χ3n) is 6.34. The second-order valence-corrected chi connectivity index (χ2v) is 9.06. The number of anilines is 1. The molecule has 174 valence electrons. The molecule has 2 aromatic heterocycles. The number of ether oxygens (including phenoxy) is 1. The minimum atomic E-state index is -2.95. The third-order valence-corrected chi connectivity index (χ3v) is 6.34. The second-order valence-electron chi connectivity index (χ2n) is 9.06. The fraction of sp³-hybridized carbons (Fsp3) is 0.292. The first-order valence-corrected chi connectivity index (χ1v) is 10.8. The first kappa shape index (κ1) is 20.9. The van der Waals surface area contributed by atoms with Crippen molar-refractivity contribution in [3.8, 4) is 16.9 Å². The van der Waals surface area contributed by atoms with Crippen LogP contribution in [0.2, 0.25) is 0 Å². The number of hydrogen-bond donors (Lipinski definition) is 2. The molecule has 4 aromatic rings. The van der Waals surface area contributed by atoms with Gasteiger partial charge in [0.25, 0.3) is 0 Å². The maximum atomic E-state index is 15.1. The highest BCUT2D eigenvalue weighted by Gasteiger charge is 2.42. The van der Waals surface area contributed by atoms with E-state index in [0.717, 1.165) is 5.69 Å². The molecule has 0 saturated heterocycles. The average Bonchev–Trinajstić information content (AvgIpc) is 3.27. The summed E-state index contributed by atoms with van der Waals surface area (Å²) in [6.45, 7) is 0.192. The Balaban J connectivity index is 1.50. The number of halogens is 3. The van der Waals surface area contributed by atoms with E-state index >= 15 is 4.39 Å². The predicted octanol–water partition coefficient (Wildman–Crippen LogP) is 4.92. The van der Waals surface area contributed by atoms with Gasteiger partial charge in [0.1, 0.15) is 23.0 Å². The molecule has 0 fully saturated rings. The van der Waals surface area contributed by atoms with Crippen molar-refractivity contribution in [2.45, 2.75) is 44.6 Å². The van der Waals surface area contributed by atoms with E-state index in [2.05, 4.69) is 20.3 Å². The van der Waals surface area contributed by atoms with Crippen molar-refractivity contribution in [3.63, 3.8) is 0 Å². The average molecular weight is 467 g/mol. The Morgan fingerprint density at radius 2 is 1.97 bits per heavy atom. The molecule has 4 heterocycles. The molecule has 2 bridgehead atoms. The van der Waals surface area contributed by atoms with Gasteiger partial charge < -0.3 is 19.7 Å². The number of fused-ring (bicyclic) bond motifs is 9. The van der Waals surface area contributed by atoms with Crippen molar-refractivity contribution < 1.29 is 23.0 Å². The number of hydrogen-bond acceptors (Lipinski definition) is 6. The second kappa shape index (κ2) is 7.17. The Labute approximate surface area is 192 Å². The maximum absolute atomic E-state index is 15.1. The molecule has 2 aromatic carbocycles. The Bertz CT molecular complexity index is 1430. The van der Waals surface area contributed by atoms with Crippen LogP contribution in [0.1, 0.15) is 49.6 Å². The van der Waals surface area contributed by atoms with Crippen molar-refractivity contribution in [1.82, 2.24) is 19.5 Å². The molecule has 2 aliphatic rings. The van der Waals surface area contributed by atoms with Crippen LogP contribution in [0.15, 0.2) is 42.7 Å². The van der Waals surface area contributed by atoms with Gasteiger partial charge in [-0.3, -0.25) is 0 Å². The topological polar surface area (TPSA) is 85.1 Å². The molecule has 0 saturated carbocycles. The lowest BCUT2D eigenvalue weighted by Gasteiger charge is -2.27. The van der Waals surface area contributed by atoms with Gasteiger partial charge in [0.2, 0.25) is 0 Å². The predicted molar refractivity (Wildman–Crippen MR) is 118 cm³/mol. The highest BCUT2D eigenvalue weighted by Crippen LogP contribution is 2.52. The lowest BCUT2D eigenvalue weighted by atomic mass is 9.95. The first-order chi connectivity index (χ1) is 16.2. The normalized spacial score (nSPS) is 18.7. The largest absolute Gasteiger partial charge is 0.434 e. The van der Waals surface area contributed by atoms with Crippen molar-refractivity contribution >= 4 is 16.7 Å². The summed E-state index contributed by atoms with van der Waals surface area (Å²) < 4.78 is 48.0. The Morgan fingerprint density at radius 3 is 2.68 bits per heavy atom. The molecule has 2 atom stereocenters. The summed E-state index contributed by atoms with van der Waals surface area (Å²) in [6.07, 6.45) is 3.55. The van der Waals surface area contributed by atoms with E-state index < -0.39 is 18.0 Å². The SMILES string of the molecule is CC(C)(O)c1ncc(-c2cc3c(cc2F)nc2n3[C@@H]3C[C@H]2Nc2cccc(OC(F)F)c23)cn1. The van der Waals surface area contributed by atoms with Crippen LogP contribution in [-0.2, 0) is 5.60 Å². The molecule has 0 unspecified atom stereocenters. The first-order valence-electron chi connectivity index (χ1n) is 10.8. The van der Waals surface area contributed by atoms with Gasteiger partial charge >= 0.3 is 6.61 Å². The maximum Gasteiger partial charge on any atom is 0.387 e. The number of alkyl halides is 2. The quantitative estimate of drug-likeness (QED) is 0.443. The van der Waals surface area contributed by atoms with Crippen LogP contribution in [0.5, 0.6) is 5.75 Å². The highest BCUT2D eigenvalue weighted by atomic mass is 19.3. The summed E-state index contributed by atoms with van der Waals surface area (Å²) in [6, 6.07) is 7.64. The molecule has 6 rings (SSSR count). The van der Waals surface area contributed by atoms with Crippen LogP contribution >= 0.6 is 0 Å². The number of nitrogens with zero attached hydrogens (tertiary/aromatic N) is 4. The van der Waals surface area contributed by atoms with Gasteiger partial charge in [-0.25, -0.2) is 19.3 Å². The van der Waals surface area contributed by atoms with Gasteiger partial charge in [0, 0.05) is 40.8 Å². The molecule has 2 aliphatic heterocycles. The van der Waals surface area contributed by atoms with Gasteiger partial charge in [-0.2, -0.15) is 8.78 Å². The lowest BCUT2D eigenvalue weighted by Crippen LogP contribution is -2.19. The molecule has 10 heteroatoms. The van der Waals surface area contributed by atoms with E-state index in [1.807, 2.05) is 10.6 Å². The molecule has 34 heavy (non-hydrogen) atoms. The number of rotatable bonds is 4. The van der Waals surface area contributed by atoms with Crippen molar-refractivity contribution in [2.24, 2.45) is 0 Å². The molecule has 0 aliphatic carbocycles. The zero-order valence-corrected chi connectivity index (χ0v) is 18.3. The van der Waals surface area contributed by atoms with E-state index in [4.69, 9.17) is 4.74 Å². The number of nitrogens with one attached hydrogen (secondary N) is 1. The number of aliphatic hydroxyl groups is 1. The summed E-state index contributed by atoms with van der Waals surface area (Å²) in [5.74, 6) is 0.565. The zero-order chi connectivity index (χ0) is 23.8. The summed E-state index contributed by atoms with van der Waals surface area (Å²) in [4.78, 5) is 13.0. The molecular formula is C24H20F3N5O2. The summed E-state index contributed by atoms with van der Waals surface area (Å²) in [5, 5.41) is 13.4. The van der Waals surface area contributed by atoms with Crippen molar-refractivity contribution in [2.75, 3.05) is 5.32 Å². The summed E-state index contributed by atoms with van der Waals surface area (Å²) in [7, 11) is 0. The Morgan fingerprint density at radius 1 is 1.21 bits per heavy atom. The summed E-state index contributed by atoms with van der Waals surface area (Å²) >= 11 is 0. The Kier molecular flexibility index (Phi) is 4.41. The van der Waals surface area contributed by atoms with Crippen LogP contribution in [0, 0.1) is 5.82 Å². The van der Waals surface area contributed by atoms with E-state index in [0.29, 0.717) is 34.4 Å². The Hall–Kier alpha value is -3.66. The van der Waals surface area contributed by atoms with E-state index in [1.165, 1.54) is 24.5 Å². The smallest absolute Gasteiger partial charge is 0.387 e. The van der Waals surface area contributed by atoms with Crippen LogP contribution in [0.3, 0.4) is 0 Å². The number of benzene rings is 2. The molecule has 7 nitrogen and oxygen atoms in total. The van der Waals surface area contributed by atoms with Gasteiger partial charge in [-0.05, 0) is 38.5 Å². The highest BCUT2D eigenvalue weighted by molar-refractivity contribution is 5.84. The molecule has 0 amide bonds.